The Morgan fingerprint density at radius 3 is 2.50 bits per heavy atom. The van der Waals surface area contributed by atoms with Crippen molar-refractivity contribution in [1.82, 2.24) is 4.57 Å². The van der Waals surface area contributed by atoms with Crippen LogP contribution in [0.2, 0.25) is 0 Å². The molecule has 0 spiro atoms. The molecule has 0 fully saturated rings. The summed E-state index contributed by atoms with van der Waals surface area (Å²) in [6.45, 7) is 1.32. The third-order valence-electron chi connectivity index (χ3n) is 5.58. The average Bonchev–Trinajstić information content (AvgIpc) is 2.93. The van der Waals surface area contributed by atoms with Gasteiger partial charge >= 0.3 is 0 Å². The molecule has 5 nitrogen and oxygen atoms in total. The highest BCUT2D eigenvalue weighted by atomic mass is 79.9. The molecule has 0 unspecified atom stereocenters. The number of carbonyl (C=O) groups is 1. The lowest BCUT2D eigenvalue weighted by Gasteiger charge is -2.09. The fourth-order valence-corrected chi connectivity index (χ4v) is 4.08. The summed E-state index contributed by atoms with van der Waals surface area (Å²) in [7, 11) is 3.29. The number of rotatable bonds is 6. The number of benzene rings is 2. The summed E-state index contributed by atoms with van der Waals surface area (Å²) in [6, 6.07) is 15.5. The molecule has 1 aliphatic rings. The number of hydrogen-bond donors (Lipinski definition) is 0. The van der Waals surface area contributed by atoms with Crippen molar-refractivity contribution < 1.29 is 35.8 Å². The maximum Gasteiger partial charge on any atom is 0.257 e. The van der Waals surface area contributed by atoms with Gasteiger partial charge in [0.05, 0.1) is 20.8 Å². The number of ether oxygens (including phenoxy) is 2. The molecule has 1 aromatic heterocycles. The Labute approximate surface area is 188 Å². The zero-order valence-corrected chi connectivity index (χ0v) is 19.0. The van der Waals surface area contributed by atoms with Gasteiger partial charge in [-0.15, -0.1) is 0 Å². The third-order valence-corrected chi connectivity index (χ3v) is 5.58. The molecule has 0 aliphatic carbocycles. The molecule has 0 saturated carbocycles. The molecule has 0 saturated heterocycles. The number of nitrogens with zero attached hydrogens (tertiary/aromatic N) is 2. The number of carbonyl (C=O) groups excluding carboxylic acids is 1. The Balaban J connectivity index is 0.00000256. The maximum atomic E-state index is 12.8. The number of methoxy groups -OCH3 is 2. The topological polar surface area (TPSA) is 44.3 Å². The molecule has 2 heterocycles. The van der Waals surface area contributed by atoms with Crippen LogP contribution in [0, 0.1) is 0 Å². The van der Waals surface area contributed by atoms with Crippen LogP contribution in [0.1, 0.15) is 35.4 Å². The van der Waals surface area contributed by atoms with Crippen LogP contribution in [0.25, 0.3) is 11.3 Å². The quantitative estimate of drug-likeness (QED) is 0.399. The van der Waals surface area contributed by atoms with E-state index in [-0.39, 0.29) is 22.8 Å². The van der Waals surface area contributed by atoms with E-state index in [1.54, 1.807) is 14.2 Å². The van der Waals surface area contributed by atoms with E-state index in [2.05, 4.69) is 21.4 Å². The Morgan fingerprint density at radius 1 is 1.00 bits per heavy atom. The van der Waals surface area contributed by atoms with Crippen molar-refractivity contribution in [1.29, 1.82) is 0 Å². The molecule has 0 bridgehead atoms. The minimum atomic E-state index is 0. The molecule has 1 aliphatic heterocycles. The first-order valence-electron chi connectivity index (χ1n) is 10.1. The second kappa shape index (κ2) is 9.94. The summed E-state index contributed by atoms with van der Waals surface area (Å²) in [4.78, 5) is 12.8. The van der Waals surface area contributed by atoms with Gasteiger partial charge < -0.3 is 26.5 Å². The molecule has 2 aromatic carbocycles. The highest BCUT2D eigenvalue weighted by Crippen LogP contribution is 2.33. The van der Waals surface area contributed by atoms with Gasteiger partial charge in [-0.2, -0.15) is 0 Å². The van der Waals surface area contributed by atoms with Crippen molar-refractivity contribution in [2.24, 2.45) is 0 Å². The lowest BCUT2D eigenvalue weighted by Crippen LogP contribution is -3.00. The van der Waals surface area contributed by atoms with Gasteiger partial charge in [0.1, 0.15) is 6.20 Å². The zero-order chi connectivity index (χ0) is 20.2. The van der Waals surface area contributed by atoms with E-state index in [1.807, 2.05) is 42.5 Å². The standard InChI is InChI=1S/C24H27N2O3.BrH/c1-28-22-13-12-19(15-23(22)29-2)20-16-25(24-11-7-4-8-14-26(20)24)17-21(27)18-9-5-3-6-10-18;/h3,5-6,9-10,12-13,15-16H,4,7-8,11,14,17H2,1-2H3;1H/q+1;/p-1. The molecule has 158 valence electrons. The minimum absolute atomic E-state index is 0. The van der Waals surface area contributed by atoms with Crippen LogP contribution in [0.15, 0.2) is 54.7 Å². The van der Waals surface area contributed by atoms with Crippen molar-refractivity contribution in [3.63, 3.8) is 0 Å². The van der Waals surface area contributed by atoms with Gasteiger partial charge in [0, 0.05) is 17.5 Å². The number of ketones is 1. The summed E-state index contributed by atoms with van der Waals surface area (Å²) in [5.74, 6) is 2.77. The van der Waals surface area contributed by atoms with Crippen LogP contribution in [-0.2, 0) is 19.5 Å². The number of fused-ring (bicyclic) bond motifs is 1. The average molecular weight is 471 g/mol. The van der Waals surface area contributed by atoms with E-state index >= 15 is 0 Å². The van der Waals surface area contributed by atoms with E-state index < -0.39 is 0 Å². The number of aromatic nitrogens is 2. The minimum Gasteiger partial charge on any atom is -1.00 e. The predicted molar refractivity (Wildman–Crippen MR) is 111 cm³/mol. The van der Waals surface area contributed by atoms with Crippen molar-refractivity contribution in [3.05, 3.63) is 66.1 Å². The number of hydrogen-bond acceptors (Lipinski definition) is 3. The summed E-state index contributed by atoms with van der Waals surface area (Å²) < 4.78 is 15.4. The van der Waals surface area contributed by atoms with Crippen LogP contribution in [0.4, 0.5) is 0 Å². The van der Waals surface area contributed by atoms with Gasteiger partial charge in [-0.3, -0.25) is 4.79 Å². The van der Waals surface area contributed by atoms with Crippen molar-refractivity contribution in [3.8, 4) is 22.8 Å². The molecule has 0 radical (unpaired) electrons. The Morgan fingerprint density at radius 2 is 1.77 bits per heavy atom. The van der Waals surface area contributed by atoms with Gasteiger partial charge in [-0.1, -0.05) is 30.3 Å². The SMILES string of the molecule is COc1ccc(-c2c[n+](CC(=O)c3ccccc3)c3n2CCCCC3)cc1OC.[Br-]. The molecular formula is C24H27BrN2O3. The predicted octanol–water partition coefficient (Wildman–Crippen LogP) is 1.07. The zero-order valence-electron chi connectivity index (χ0n) is 17.4. The van der Waals surface area contributed by atoms with E-state index in [0.717, 1.165) is 42.6 Å². The maximum absolute atomic E-state index is 12.8. The van der Waals surface area contributed by atoms with Crippen LogP contribution >= 0.6 is 0 Å². The van der Waals surface area contributed by atoms with Crippen molar-refractivity contribution >= 4 is 5.78 Å². The highest BCUT2D eigenvalue weighted by Gasteiger charge is 2.27. The third kappa shape index (κ3) is 4.43. The first-order chi connectivity index (χ1) is 14.2. The van der Waals surface area contributed by atoms with Gasteiger partial charge in [0.15, 0.2) is 23.7 Å². The van der Waals surface area contributed by atoms with Crippen molar-refractivity contribution in [2.75, 3.05) is 14.2 Å². The summed E-state index contributed by atoms with van der Waals surface area (Å²) >= 11 is 0. The van der Waals surface area contributed by atoms with E-state index in [1.165, 1.54) is 12.2 Å². The Bertz CT molecular complexity index is 1010. The summed E-state index contributed by atoms with van der Waals surface area (Å²) in [5, 5.41) is 0. The van der Waals surface area contributed by atoms with Crippen LogP contribution in [0.3, 0.4) is 0 Å². The number of halogens is 1. The molecule has 30 heavy (non-hydrogen) atoms. The van der Waals surface area contributed by atoms with E-state index in [0.29, 0.717) is 18.0 Å². The molecule has 0 atom stereocenters. The smallest absolute Gasteiger partial charge is 0.257 e. The Kier molecular flexibility index (Phi) is 7.32. The number of Topliss-reactive ketones (excluding diaryl/α,β-unsaturated/α-hetero) is 1. The molecule has 4 rings (SSSR count). The Hall–Kier alpha value is -2.60. The number of imidazole rings is 1. The lowest BCUT2D eigenvalue weighted by atomic mass is 10.1. The lowest BCUT2D eigenvalue weighted by molar-refractivity contribution is -0.690. The van der Waals surface area contributed by atoms with E-state index in [9.17, 15) is 4.79 Å². The van der Waals surface area contributed by atoms with Crippen molar-refractivity contribution in [2.45, 2.75) is 38.8 Å². The van der Waals surface area contributed by atoms with Gasteiger partial charge in [0.2, 0.25) is 5.78 Å². The molecular weight excluding hydrogens is 444 g/mol. The monoisotopic (exact) mass is 470 g/mol. The van der Waals surface area contributed by atoms with Crippen LogP contribution in [0.5, 0.6) is 11.5 Å². The fourth-order valence-electron chi connectivity index (χ4n) is 4.08. The van der Waals surface area contributed by atoms with Crippen LogP contribution < -0.4 is 31.0 Å². The molecule has 0 amide bonds. The summed E-state index contributed by atoms with van der Waals surface area (Å²) in [5.41, 5.74) is 2.93. The van der Waals surface area contributed by atoms with Crippen LogP contribution in [-0.4, -0.2) is 24.6 Å². The largest absolute Gasteiger partial charge is 1.00 e. The first-order valence-corrected chi connectivity index (χ1v) is 10.1. The summed E-state index contributed by atoms with van der Waals surface area (Å²) in [6.07, 6.45) is 6.60. The second-order valence-corrected chi connectivity index (χ2v) is 7.38. The van der Waals surface area contributed by atoms with Gasteiger partial charge in [0.25, 0.3) is 5.82 Å². The molecule has 6 heteroatoms. The highest BCUT2D eigenvalue weighted by molar-refractivity contribution is 5.95. The van der Waals surface area contributed by atoms with E-state index in [4.69, 9.17) is 9.47 Å². The van der Waals surface area contributed by atoms with Gasteiger partial charge in [-0.25, -0.2) is 9.13 Å². The first kappa shape index (κ1) is 22.1. The normalized spacial score (nSPS) is 13.0. The second-order valence-electron chi connectivity index (χ2n) is 7.38. The van der Waals surface area contributed by atoms with Gasteiger partial charge in [-0.05, 0) is 37.5 Å². The molecule has 3 aromatic rings. The fraction of sp³-hybridized carbons (Fsp3) is 0.333. The molecule has 0 N–H and O–H groups in total.